The van der Waals surface area contributed by atoms with Gasteiger partial charge in [-0.15, -0.1) is 0 Å². The summed E-state index contributed by atoms with van der Waals surface area (Å²) in [5.74, 6) is 8.71. The van der Waals surface area contributed by atoms with Gasteiger partial charge in [-0.2, -0.15) is 0 Å². The second-order valence-corrected chi connectivity index (χ2v) is 5.94. The third-order valence-corrected chi connectivity index (χ3v) is 3.62. The minimum absolute atomic E-state index is 0.502. The summed E-state index contributed by atoms with van der Waals surface area (Å²) in [7, 11) is 0. The Balaban J connectivity index is 3.17. The Bertz CT molecular complexity index is 415. The number of aromatic nitrogens is 2. The second-order valence-electron chi connectivity index (χ2n) is 5.94. The molecule has 0 saturated heterocycles. The van der Waals surface area contributed by atoms with E-state index >= 15 is 0 Å². The van der Waals surface area contributed by atoms with Gasteiger partial charge in [0.2, 0.25) is 0 Å². The Kier molecular flexibility index (Phi) is 7.43. The summed E-state index contributed by atoms with van der Waals surface area (Å²) in [5.41, 5.74) is 2.67. The molecule has 0 aliphatic carbocycles. The smallest absolute Gasteiger partial charge is 0.145 e. The average Bonchev–Trinajstić information content (AvgIpc) is 2.47. The molecule has 0 radical (unpaired) electrons. The minimum Gasteiger partial charge on any atom is -0.353 e. The summed E-state index contributed by atoms with van der Waals surface area (Å²) < 4.78 is 0. The lowest BCUT2D eigenvalue weighted by atomic mass is 10.1. The van der Waals surface area contributed by atoms with Gasteiger partial charge in [-0.05, 0) is 25.2 Å². The van der Waals surface area contributed by atoms with Gasteiger partial charge in [0.1, 0.15) is 17.5 Å². The zero-order valence-corrected chi connectivity index (χ0v) is 14.2. The summed E-state index contributed by atoms with van der Waals surface area (Å²) in [6.07, 6.45) is 4.13. The van der Waals surface area contributed by atoms with Crippen LogP contribution >= 0.6 is 0 Å². The van der Waals surface area contributed by atoms with Gasteiger partial charge in [-0.3, -0.25) is 0 Å². The maximum absolute atomic E-state index is 5.57. The molecule has 0 bridgehead atoms. The first-order valence-electron chi connectivity index (χ1n) is 8.16. The van der Waals surface area contributed by atoms with Gasteiger partial charge in [0.15, 0.2) is 0 Å². The van der Waals surface area contributed by atoms with Crippen LogP contribution < -0.4 is 16.2 Å². The summed E-state index contributed by atoms with van der Waals surface area (Å²) in [6, 6.07) is 2.46. The quantitative estimate of drug-likeness (QED) is 0.540. The number of anilines is 2. The Morgan fingerprint density at radius 2 is 1.86 bits per heavy atom. The van der Waals surface area contributed by atoms with Crippen molar-refractivity contribution >= 4 is 11.6 Å². The lowest BCUT2D eigenvalue weighted by molar-refractivity contribution is 0.502. The number of nitrogens with one attached hydrogen (secondary N) is 1. The molecule has 0 amide bonds. The number of hydrogen-bond acceptors (Lipinski definition) is 5. The summed E-state index contributed by atoms with van der Waals surface area (Å²) in [6.45, 7) is 12.1. The number of aryl methyl sites for hydroxylation is 1. The highest BCUT2D eigenvalue weighted by Gasteiger charge is 2.19. The fourth-order valence-electron chi connectivity index (χ4n) is 2.59. The van der Waals surface area contributed by atoms with Crippen molar-refractivity contribution in [1.29, 1.82) is 0 Å². The molecule has 21 heavy (non-hydrogen) atoms. The van der Waals surface area contributed by atoms with Gasteiger partial charge in [0, 0.05) is 25.1 Å². The zero-order chi connectivity index (χ0) is 15.8. The maximum atomic E-state index is 5.57. The predicted molar refractivity (Wildman–Crippen MR) is 90.4 cm³/mol. The van der Waals surface area contributed by atoms with Crippen LogP contribution in [0.4, 0.5) is 11.6 Å². The van der Waals surface area contributed by atoms with Crippen LogP contribution in [0.2, 0.25) is 0 Å². The van der Waals surface area contributed by atoms with Crippen molar-refractivity contribution in [3.05, 3.63) is 11.9 Å². The van der Waals surface area contributed by atoms with Crippen molar-refractivity contribution < 1.29 is 0 Å². The third kappa shape index (κ3) is 5.16. The van der Waals surface area contributed by atoms with Crippen molar-refractivity contribution in [2.75, 3.05) is 16.9 Å². The Labute approximate surface area is 129 Å². The normalized spacial score (nSPS) is 11.2. The summed E-state index contributed by atoms with van der Waals surface area (Å²) in [5, 5.41) is 0. The fourth-order valence-corrected chi connectivity index (χ4v) is 2.59. The van der Waals surface area contributed by atoms with E-state index in [2.05, 4.69) is 49.9 Å². The molecule has 120 valence electrons. The lowest BCUT2D eigenvalue weighted by Gasteiger charge is -2.33. The third-order valence-electron chi connectivity index (χ3n) is 3.62. The highest BCUT2D eigenvalue weighted by atomic mass is 15.3. The molecule has 1 heterocycles. The van der Waals surface area contributed by atoms with Gasteiger partial charge in [0.05, 0.1) is 0 Å². The van der Waals surface area contributed by atoms with E-state index in [-0.39, 0.29) is 0 Å². The highest BCUT2D eigenvalue weighted by molar-refractivity contribution is 5.49. The van der Waals surface area contributed by atoms with E-state index in [9.17, 15) is 0 Å². The number of hydrogen-bond donors (Lipinski definition) is 2. The van der Waals surface area contributed by atoms with Crippen LogP contribution in [0.25, 0.3) is 0 Å². The number of rotatable bonds is 9. The van der Waals surface area contributed by atoms with Crippen LogP contribution in [0.3, 0.4) is 0 Å². The van der Waals surface area contributed by atoms with Gasteiger partial charge >= 0.3 is 0 Å². The maximum Gasteiger partial charge on any atom is 0.145 e. The predicted octanol–water partition coefficient (Wildman–Crippen LogP) is 3.37. The molecule has 0 unspecified atom stereocenters. The molecule has 0 saturated carbocycles. The standard InChI is InChI=1S/C16H31N5/c1-6-9-14-18-15(20-17)10-16(19-14)21(11-12(4)5)13(7-2)8-3/h10,12-13H,6-9,11,17H2,1-5H3,(H,18,19,20). The van der Waals surface area contributed by atoms with E-state index in [1.54, 1.807) is 0 Å². The first kappa shape index (κ1) is 17.7. The molecule has 3 N–H and O–H groups in total. The lowest BCUT2D eigenvalue weighted by Crippen LogP contribution is -2.38. The van der Waals surface area contributed by atoms with Crippen LogP contribution in [0.5, 0.6) is 0 Å². The van der Waals surface area contributed by atoms with Crippen molar-refractivity contribution in [2.24, 2.45) is 11.8 Å². The van der Waals surface area contributed by atoms with E-state index < -0.39 is 0 Å². The van der Waals surface area contributed by atoms with Gasteiger partial charge in [-0.1, -0.05) is 34.6 Å². The van der Waals surface area contributed by atoms with Crippen LogP contribution in [0.1, 0.15) is 59.7 Å². The number of nitrogens with two attached hydrogens (primary N) is 1. The van der Waals surface area contributed by atoms with Gasteiger partial charge in [0.25, 0.3) is 0 Å². The largest absolute Gasteiger partial charge is 0.353 e. The SMILES string of the molecule is CCCc1nc(NN)cc(N(CC(C)C)C(CC)CC)n1. The van der Waals surface area contributed by atoms with Gasteiger partial charge in [-0.25, -0.2) is 15.8 Å². The zero-order valence-electron chi connectivity index (χ0n) is 14.2. The van der Waals surface area contributed by atoms with E-state index in [1.165, 1.54) is 0 Å². The van der Waals surface area contributed by atoms with E-state index in [0.717, 1.165) is 43.9 Å². The Morgan fingerprint density at radius 3 is 2.33 bits per heavy atom. The average molecular weight is 293 g/mol. The van der Waals surface area contributed by atoms with E-state index in [4.69, 9.17) is 10.8 Å². The molecule has 0 aliphatic rings. The fraction of sp³-hybridized carbons (Fsp3) is 0.750. The molecule has 0 aliphatic heterocycles. The molecule has 0 spiro atoms. The number of nitrogens with zero attached hydrogens (tertiary/aromatic N) is 3. The van der Waals surface area contributed by atoms with Crippen molar-refractivity contribution in [2.45, 2.75) is 66.3 Å². The molecule has 0 aromatic carbocycles. The first-order valence-corrected chi connectivity index (χ1v) is 8.16. The Hall–Kier alpha value is -1.36. The van der Waals surface area contributed by atoms with E-state index in [1.807, 2.05) is 6.07 Å². The highest BCUT2D eigenvalue weighted by Crippen LogP contribution is 2.22. The number of nitrogen functional groups attached to an aromatic ring is 1. The molecule has 5 nitrogen and oxygen atoms in total. The van der Waals surface area contributed by atoms with E-state index in [0.29, 0.717) is 17.8 Å². The summed E-state index contributed by atoms with van der Waals surface area (Å²) >= 11 is 0. The van der Waals surface area contributed by atoms with Crippen molar-refractivity contribution in [1.82, 2.24) is 9.97 Å². The Morgan fingerprint density at radius 1 is 1.19 bits per heavy atom. The van der Waals surface area contributed by atoms with Crippen molar-refractivity contribution in [3.63, 3.8) is 0 Å². The molecular weight excluding hydrogens is 262 g/mol. The molecule has 0 fully saturated rings. The summed E-state index contributed by atoms with van der Waals surface area (Å²) in [4.78, 5) is 11.6. The molecule has 1 rings (SSSR count). The van der Waals surface area contributed by atoms with Crippen LogP contribution in [-0.4, -0.2) is 22.6 Å². The van der Waals surface area contributed by atoms with Crippen LogP contribution in [-0.2, 0) is 6.42 Å². The first-order chi connectivity index (χ1) is 10.0. The monoisotopic (exact) mass is 293 g/mol. The number of hydrazine groups is 1. The second kappa shape index (κ2) is 8.82. The molecular formula is C16H31N5. The van der Waals surface area contributed by atoms with Crippen molar-refractivity contribution in [3.8, 4) is 0 Å². The van der Waals surface area contributed by atoms with Crippen LogP contribution in [0, 0.1) is 5.92 Å². The topological polar surface area (TPSA) is 67.1 Å². The van der Waals surface area contributed by atoms with Gasteiger partial charge < -0.3 is 10.3 Å². The minimum atomic E-state index is 0.502. The molecule has 1 aromatic rings. The van der Waals surface area contributed by atoms with Crippen LogP contribution in [0.15, 0.2) is 6.07 Å². The molecule has 1 aromatic heterocycles. The molecule has 0 atom stereocenters. The molecule has 5 heteroatoms.